The molecule has 0 bridgehead atoms. The zero-order valence-corrected chi connectivity index (χ0v) is 15.6. The summed E-state index contributed by atoms with van der Waals surface area (Å²) in [6.07, 6.45) is 7.89. The number of hydrogen-bond acceptors (Lipinski definition) is 4. The molecule has 1 saturated heterocycles. The van der Waals surface area contributed by atoms with Crippen molar-refractivity contribution >= 4 is 15.7 Å². The Kier molecular flexibility index (Phi) is 4.49. The van der Waals surface area contributed by atoms with Gasteiger partial charge in [-0.2, -0.15) is 5.10 Å². The Hall–Kier alpha value is -1.37. The highest BCUT2D eigenvalue weighted by Gasteiger charge is 2.42. The van der Waals surface area contributed by atoms with Crippen LogP contribution in [0.3, 0.4) is 0 Å². The zero-order chi connectivity index (χ0) is 17.5. The van der Waals surface area contributed by atoms with Gasteiger partial charge in [-0.3, -0.25) is 9.48 Å². The first-order chi connectivity index (χ1) is 11.2. The lowest BCUT2D eigenvalue weighted by molar-refractivity contribution is -0.147. The van der Waals surface area contributed by atoms with Crippen LogP contribution >= 0.6 is 0 Å². The van der Waals surface area contributed by atoms with Crippen molar-refractivity contribution in [3.8, 4) is 0 Å². The average molecular weight is 353 g/mol. The zero-order valence-electron chi connectivity index (χ0n) is 14.7. The SMILES string of the molecule is CC(C)S(=O)(=O)c1cnn(C2CCN(C(=O)C3(C)CCC3)CC2)c1. The molecule has 1 aliphatic heterocycles. The van der Waals surface area contributed by atoms with Crippen LogP contribution in [0.25, 0.3) is 0 Å². The van der Waals surface area contributed by atoms with Crippen LogP contribution in [0.4, 0.5) is 0 Å². The fraction of sp³-hybridized carbons (Fsp3) is 0.765. The highest BCUT2D eigenvalue weighted by molar-refractivity contribution is 7.92. The minimum absolute atomic E-state index is 0.142. The lowest BCUT2D eigenvalue weighted by atomic mass is 9.69. The summed E-state index contributed by atoms with van der Waals surface area (Å²) in [5, 5.41) is 3.82. The summed E-state index contributed by atoms with van der Waals surface area (Å²) in [5.41, 5.74) is -0.142. The molecule has 7 heteroatoms. The monoisotopic (exact) mass is 353 g/mol. The number of nitrogens with zero attached hydrogens (tertiary/aromatic N) is 3. The second kappa shape index (κ2) is 6.17. The van der Waals surface area contributed by atoms with Crippen molar-refractivity contribution in [1.82, 2.24) is 14.7 Å². The number of hydrogen-bond donors (Lipinski definition) is 0. The molecule has 2 aliphatic rings. The quantitative estimate of drug-likeness (QED) is 0.833. The molecule has 2 fully saturated rings. The Morgan fingerprint density at radius 3 is 2.42 bits per heavy atom. The lowest BCUT2D eigenvalue weighted by Crippen LogP contribution is -2.49. The van der Waals surface area contributed by atoms with Crippen molar-refractivity contribution in [2.75, 3.05) is 13.1 Å². The van der Waals surface area contributed by atoms with E-state index in [9.17, 15) is 13.2 Å². The third-order valence-corrected chi connectivity index (χ3v) is 7.74. The van der Waals surface area contributed by atoms with Crippen LogP contribution in [0.1, 0.15) is 58.9 Å². The topological polar surface area (TPSA) is 72.3 Å². The number of amides is 1. The van der Waals surface area contributed by atoms with Gasteiger partial charge < -0.3 is 4.90 Å². The van der Waals surface area contributed by atoms with Gasteiger partial charge in [-0.15, -0.1) is 0 Å². The first kappa shape index (κ1) is 17.5. The highest BCUT2D eigenvalue weighted by Crippen LogP contribution is 2.42. The van der Waals surface area contributed by atoms with Gasteiger partial charge in [0.05, 0.1) is 17.5 Å². The lowest BCUT2D eigenvalue weighted by Gasteiger charge is -2.43. The largest absolute Gasteiger partial charge is 0.342 e. The van der Waals surface area contributed by atoms with E-state index in [0.29, 0.717) is 0 Å². The number of likely N-dealkylation sites (tertiary alicyclic amines) is 1. The van der Waals surface area contributed by atoms with E-state index in [2.05, 4.69) is 12.0 Å². The molecule has 3 rings (SSSR count). The van der Waals surface area contributed by atoms with E-state index in [4.69, 9.17) is 0 Å². The van der Waals surface area contributed by atoms with Crippen LogP contribution < -0.4 is 0 Å². The maximum absolute atomic E-state index is 12.6. The van der Waals surface area contributed by atoms with E-state index in [1.54, 1.807) is 24.7 Å². The molecule has 0 atom stereocenters. The molecule has 0 N–H and O–H groups in total. The molecule has 0 radical (unpaired) electrons. The normalized spacial score (nSPS) is 21.8. The molecule has 134 valence electrons. The molecule has 1 aromatic heterocycles. The van der Waals surface area contributed by atoms with Gasteiger partial charge in [0.1, 0.15) is 4.90 Å². The molecule has 0 unspecified atom stereocenters. The predicted octanol–water partition coefficient (Wildman–Crippen LogP) is 2.42. The van der Waals surface area contributed by atoms with Gasteiger partial charge in [-0.25, -0.2) is 8.42 Å². The summed E-state index contributed by atoms with van der Waals surface area (Å²) < 4.78 is 26.2. The van der Waals surface area contributed by atoms with Gasteiger partial charge in [0.25, 0.3) is 0 Å². The van der Waals surface area contributed by atoms with Crippen molar-refractivity contribution in [3.05, 3.63) is 12.4 Å². The summed E-state index contributed by atoms with van der Waals surface area (Å²) in [7, 11) is -3.28. The van der Waals surface area contributed by atoms with Crippen LogP contribution in [-0.2, 0) is 14.6 Å². The molecule has 1 saturated carbocycles. The number of piperidine rings is 1. The molecular weight excluding hydrogens is 326 g/mol. The van der Waals surface area contributed by atoms with E-state index in [1.165, 1.54) is 6.20 Å². The van der Waals surface area contributed by atoms with Crippen molar-refractivity contribution in [2.45, 2.75) is 69.1 Å². The molecule has 6 nitrogen and oxygen atoms in total. The Morgan fingerprint density at radius 1 is 1.29 bits per heavy atom. The van der Waals surface area contributed by atoms with E-state index < -0.39 is 15.1 Å². The third kappa shape index (κ3) is 2.98. The van der Waals surface area contributed by atoms with Crippen molar-refractivity contribution in [1.29, 1.82) is 0 Å². The van der Waals surface area contributed by atoms with Gasteiger partial charge in [-0.1, -0.05) is 13.3 Å². The van der Waals surface area contributed by atoms with Crippen LogP contribution in [0.15, 0.2) is 17.3 Å². The average Bonchev–Trinajstić information content (AvgIpc) is 3.02. The van der Waals surface area contributed by atoms with Crippen molar-refractivity contribution in [2.24, 2.45) is 5.41 Å². The molecule has 0 spiro atoms. The number of carbonyl (C=O) groups is 1. The maximum Gasteiger partial charge on any atom is 0.228 e. The smallest absolute Gasteiger partial charge is 0.228 e. The van der Waals surface area contributed by atoms with E-state index in [1.807, 2.05) is 4.90 Å². The predicted molar refractivity (Wildman–Crippen MR) is 91.4 cm³/mol. The van der Waals surface area contributed by atoms with E-state index in [0.717, 1.165) is 45.2 Å². The number of sulfone groups is 1. The summed E-state index contributed by atoms with van der Waals surface area (Å²) in [4.78, 5) is 14.8. The Bertz CT molecular complexity index is 711. The fourth-order valence-corrected chi connectivity index (χ4v) is 4.57. The summed E-state index contributed by atoms with van der Waals surface area (Å²) >= 11 is 0. The van der Waals surface area contributed by atoms with Crippen LogP contribution in [0.5, 0.6) is 0 Å². The van der Waals surface area contributed by atoms with E-state index >= 15 is 0 Å². The first-order valence-electron chi connectivity index (χ1n) is 8.81. The van der Waals surface area contributed by atoms with Gasteiger partial charge in [0.2, 0.25) is 5.91 Å². The first-order valence-corrected chi connectivity index (χ1v) is 10.4. The molecule has 0 aromatic carbocycles. The maximum atomic E-state index is 12.6. The summed E-state index contributed by atoms with van der Waals surface area (Å²) in [6, 6.07) is 0.166. The summed E-state index contributed by atoms with van der Waals surface area (Å²) in [6.45, 7) is 6.88. The molecule has 1 aromatic rings. The van der Waals surface area contributed by atoms with Gasteiger partial charge in [0.15, 0.2) is 9.84 Å². The second-order valence-corrected chi connectivity index (χ2v) is 10.2. The molecule has 2 heterocycles. The number of carbonyl (C=O) groups excluding carboxylic acids is 1. The van der Waals surface area contributed by atoms with Crippen molar-refractivity contribution in [3.63, 3.8) is 0 Å². The minimum Gasteiger partial charge on any atom is -0.342 e. The molecule has 1 aliphatic carbocycles. The van der Waals surface area contributed by atoms with Gasteiger partial charge >= 0.3 is 0 Å². The Labute approximate surface area is 144 Å². The molecular formula is C17H27N3O3S. The minimum atomic E-state index is -3.28. The van der Waals surface area contributed by atoms with Crippen LogP contribution in [0, 0.1) is 5.41 Å². The summed E-state index contributed by atoms with van der Waals surface area (Å²) in [5.74, 6) is 0.288. The standard InChI is InChI=1S/C17H27N3O3S/c1-13(2)24(22,23)15-11-18-20(12-15)14-5-9-19(10-6-14)16(21)17(3)7-4-8-17/h11-14H,4-10H2,1-3H3. The van der Waals surface area contributed by atoms with Gasteiger partial charge in [0, 0.05) is 24.7 Å². The molecule has 1 amide bonds. The fourth-order valence-electron chi connectivity index (χ4n) is 3.58. The van der Waals surface area contributed by atoms with E-state index in [-0.39, 0.29) is 22.3 Å². The Balaban J connectivity index is 1.63. The number of aromatic nitrogens is 2. The highest BCUT2D eigenvalue weighted by atomic mass is 32.2. The second-order valence-electron chi connectivity index (χ2n) is 7.69. The third-order valence-electron chi connectivity index (χ3n) is 5.63. The number of rotatable bonds is 4. The van der Waals surface area contributed by atoms with Crippen molar-refractivity contribution < 1.29 is 13.2 Å². The van der Waals surface area contributed by atoms with Gasteiger partial charge in [-0.05, 0) is 39.5 Å². The Morgan fingerprint density at radius 2 is 1.92 bits per heavy atom. The molecule has 24 heavy (non-hydrogen) atoms. The van der Waals surface area contributed by atoms with Crippen LogP contribution in [-0.4, -0.2) is 47.3 Å². The van der Waals surface area contributed by atoms with Crippen LogP contribution in [0.2, 0.25) is 0 Å².